The molecule has 3 atom stereocenters. The van der Waals surface area contributed by atoms with Crippen LogP contribution in [-0.4, -0.2) is 73.6 Å². The van der Waals surface area contributed by atoms with Crippen LogP contribution in [0.3, 0.4) is 0 Å². The average Bonchev–Trinajstić information content (AvgIpc) is 3.22. The van der Waals surface area contributed by atoms with Gasteiger partial charge < -0.3 is 20.1 Å². The molecule has 0 bridgehead atoms. The number of hydrogen-bond acceptors (Lipinski definition) is 7. The molecule has 2 N–H and O–H groups in total. The van der Waals surface area contributed by atoms with Gasteiger partial charge in [-0.25, -0.2) is 17.7 Å². The lowest BCUT2D eigenvalue weighted by atomic mass is 9.79. The third-order valence-corrected chi connectivity index (χ3v) is 8.41. The lowest BCUT2D eigenvalue weighted by Gasteiger charge is -2.42. The maximum atomic E-state index is 13.8. The highest BCUT2D eigenvalue weighted by Gasteiger charge is 2.52. The van der Waals surface area contributed by atoms with E-state index in [0.717, 1.165) is 29.5 Å². The largest absolute Gasteiger partial charge is 0.417 e. The summed E-state index contributed by atoms with van der Waals surface area (Å²) in [6.45, 7) is 2.24. The Balaban J connectivity index is 1.61. The summed E-state index contributed by atoms with van der Waals surface area (Å²) in [5, 5.41) is 14.3. The second-order valence-electron chi connectivity index (χ2n) is 9.79. The maximum Gasteiger partial charge on any atom is 0.417 e. The van der Waals surface area contributed by atoms with Crippen LogP contribution < -0.4 is 9.62 Å². The predicted molar refractivity (Wildman–Crippen MR) is 121 cm³/mol. The molecule has 1 amide bonds. The van der Waals surface area contributed by atoms with Gasteiger partial charge in [0.15, 0.2) is 0 Å². The van der Waals surface area contributed by atoms with Crippen molar-refractivity contribution < 1.29 is 36.2 Å². The van der Waals surface area contributed by atoms with Crippen LogP contribution in [0, 0.1) is 5.41 Å². The average molecular weight is 521 g/mol. The van der Waals surface area contributed by atoms with Crippen LogP contribution in [0.15, 0.2) is 12.3 Å². The van der Waals surface area contributed by atoms with Gasteiger partial charge in [0.05, 0.1) is 29.9 Å². The first-order chi connectivity index (χ1) is 16.3. The number of hydrogen-bond donors (Lipinski definition) is 2. The summed E-state index contributed by atoms with van der Waals surface area (Å²) < 4.78 is 71.0. The Hall–Kier alpha value is -1.96. The molecule has 3 heterocycles. The Bertz CT molecular complexity index is 1060. The van der Waals surface area contributed by atoms with Gasteiger partial charge >= 0.3 is 6.18 Å². The van der Waals surface area contributed by atoms with Crippen LogP contribution in [0.4, 0.5) is 19.0 Å². The van der Waals surface area contributed by atoms with Gasteiger partial charge in [-0.3, -0.25) is 4.79 Å². The number of aliphatic hydroxyl groups excluding tert-OH is 1. The van der Waals surface area contributed by atoms with Gasteiger partial charge in [-0.05, 0) is 45.1 Å². The molecular weight excluding hydrogens is 489 g/mol. The SMILES string of the molecule is CC(O)[C@]1(C(=O)N2Cc3cc(C(F)(F)F)cnc3N(S(C)(=O)=O)C2)CC[C@@H](NC2CCOCC2)C1. The number of sulfonamides is 1. The van der Waals surface area contributed by atoms with Crippen molar-refractivity contribution in [1.29, 1.82) is 0 Å². The second kappa shape index (κ2) is 9.49. The first kappa shape index (κ1) is 26.1. The van der Waals surface area contributed by atoms with Gasteiger partial charge in [0, 0.05) is 37.1 Å². The number of fused-ring (bicyclic) bond motifs is 1. The van der Waals surface area contributed by atoms with Crippen LogP contribution in [0.25, 0.3) is 0 Å². The lowest BCUT2D eigenvalue weighted by Crippen LogP contribution is -2.55. The zero-order valence-corrected chi connectivity index (χ0v) is 20.5. The molecule has 3 aliphatic rings. The number of nitrogens with zero attached hydrogens (tertiary/aromatic N) is 3. The van der Waals surface area contributed by atoms with E-state index in [1.165, 1.54) is 11.8 Å². The van der Waals surface area contributed by atoms with Crippen molar-refractivity contribution >= 4 is 21.7 Å². The highest BCUT2D eigenvalue weighted by Crippen LogP contribution is 2.45. The molecule has 2 aliphatic heterocycles. The van der Waals surface area contributed by atoms with E-state index in [1.807, 2.05) is 0 Å². The molecule has 1 unspecified atom stereocenters. The highest BCUT2D eigenvalue weighted by molar-refractivity contribution is 7.92. The molecule has 1 saturated heterocycles. The van der Waals surface area contributed by atoms with E-state index < -0.39 is 39.2 Å². The quantitative estimate of drug-likeness (QED) is 0.610. The number of alkyl halides is 3. The van der Waals surface area contributed by atoms with E-state index in [9.17, 15) is 31.5 Å². The highest BCUT2D eigenvalue weighted by atomic mass is 32.2. The molecule has 35 heavy (non-hydrogen) atoms. The minimum absolute atomic E-state index is 0.0135. The molecule has 0 spiro atoms. The Labute approximate surface area is 202 Å². The molecule has 0 radical (unpaired) electrons. The van der Waals surface area contributed by atoms with Gasteiger partial charge in [0.25, 0.3) is 0 Å². The zero-order chi connectivity index (χ0) is 25.6. The Kier molecular flexibility index (Phi) is 7.08. The van der Waals surface area contributed by atoms with Crippen molar-refractivity contribution in [3.63, 3.8) is 0 Å². The number of pyridine rings is 1. The molecule has 13 heteroatoms. The van der Waals surface area contributed by atoms with E-state index in [0.29, 0.717) is 38.7 Å². The number of nitrogens with one attached hydrogen (secondary N) is 1. The summed E-state index contributed by atoms with van der Waals surface area (Å²) in [4.78, 5) is 18.8. The van der Waals surface area contributed by atoms with Crippen molar-refractivity contribution in [2.75, 3.05) is 30.4 Å². The fourth-order valence-corrected chi connectivity index (χ4v) is 6.19. The number of aliphatic hydroxyl groups is 1. The summed E-state index contributed by atoms with van der Waals surface area (Å²) in [6.07, 6.45) is -1.10. The van der Waals surface area contributed by atoms with Crippen molar-refractivity contribution in [2.45, 2.75) is 69.9 Å². The zero-order valence-electron chi connectivity index (χ0n) is 19.7. The summed E-state index contributed by atoms with van der Waals surface area (Å²) >= 11 is 0. The van der Waals surface area contributed by atoms with E-state index in [1.54, 1.807) is 0 Å². The minimum Gasteiger partial charge on any atom is -0.392 e. The molecule has 4 rings (SSSR count). The lowest BCUT2D eigenvalue weighted by molar-refractivity contribution is -0.149. The topological polar surface area (TPSA) is 112 Å². The summed E-state index contributed by atoms with van der Waals surface area (Å²) in [5.74, 6) is -0.596. The molecule has 2 fully saturated rings. The Morgan fingerprint density at radius 3 is 2.57 bits per heavy atom. The standard InChI is InChI=1S/C22H31F3N4O5S/c1-14(30)21(6-3-18(10-21)27-17-4-7-34-8-5-17)20(31)28-12-15-9-16(22(23,24)25)11-26-19(15)29(13-28)35(2,32)33/h9,11,14,17-18,27,30H,3-8,10,12-13H2,1-2H3/t14?,18-,21+/m1/s1. The number of halogens is 3. The number of carbonyl (C=O) groups excluding carboxylic acids is 1. The van der Waals surface area contributed by atoms with Crippen molar-refractivity contribution in [1.82, 2.24) is 15.2 Å². The number of carbonyl (C=O) groups is 1. The third kappa shape index (κ3) is 5.27. The first-order valence-corrected chi connectivity index (χ1v) is 13.5. The molecule has 196 valence electrons. The molecule has 1 aromatic rings. The van der Waals surface area contributed by atoms with E-state index in [-0.39, 0.29) is 36.7 Å². The normalized spacial score (nSPS) is 27.1. The van der Waals surface area contributed by atoms with Crippen LogP contribution >= 0.6 is 0 Å². The van der Waals surface area contributed by atoms with Crippen molar-refractivity contribution in [3.8, 4) is 0 Å². The molecule has 1 aromatic heterocycles. The first-order valence-electron chi connectivity index (χ1n) is 11.7. The monoisotopic (exact) mass is 520 g/mol. The van der Waals surface area contributed by atoms with Crippen LogP contribution in [0.2, 0.25) is 0 Å². The number of aromatic nitrogens is 1. The second-order valence-corrected chi connectivity index (χ2v) is 11.7. The van der Waals surface area contributed by atoms with E-state index in [2.05, 4.69) is 10.3 Å². The maximum absolute atomic E-state index is 13.8. The number of ether oxygens (including phenoxy) is 1. The van der Waals surface area contributed by atoms with Crippen LogP contribution in [0.1, 0.15) is 50.2 Å². The number of rotatable bonds is 5. The van der Waals surface area contributed by atoms with Crippen molar-refractivity contribution in [2.24, 2.45) is 5.41 Å². The molecule has 0 aromatic carbocycles. The predicted octanol–water partition coefficient (Wildman–Crippen LogP) is 1.85. The molecular formula is C22H31F3N4O5S. The molecule has 1 aliphatic carbocycles. The summed E-state index contributed by atoms with van der Waals surface area (Å²) in [5.41, 5.74) is -2.20. The third-order valence-electron chi connectivity index (χ3n) is 7.32. The van der Waals surface area contributed by atoms with E-state index in [4.69, 9.17) is 4.74 Å². The van der Waals surface area contributed by atoms with Gasteiger partial charge in [-0.15, -0.1) is 0 Å². The fraction of sp³-hybridized carbons (Fsp3) is 0.727. The number of anilines is 1. The van der Waals surface area contributed by atoms with Gasteiger partial charge in [-0.2, -0.15) is 13.2 Å². The molecule has 9 nitrogen and oxygen atoms in total. The van der Waals surface area contributed by atoms with Crippen LogP contribution in [0.5, 0.6) is 0 Å². The van der Waals surface area contributed by atoms with E-state index >= 15 is 0 Å². The van der Waals surface area contributed by atoms with Crippen LogP contribution in [-0.2, 0) is 32.3 Å². The Morgan fingerprint density at radius 1 is 1.29 bits per heavy atom. The minimum atomic E-state index is -4.67. The fourth-order valence-electron chi connectivity index (χ4n) is 5.36. The number of amides is 1. The molecule has 1 saturated carbocycles. The van der Waals surface area contributed by atoms with Gasteiger partial charge in [0.1, 0.15) is 12.5 Å². The van der Waals surface area contributed by atoms with Gasteiger partial charge in [0.2, 0.25) is 15.9 Å². The smallest absolute Gasteiger partial charge is 0.392 e. The Morgan fingerprint density at radius 2 is 1.97 bits per heavy atom. The van der Waals surface area contributed by atoms with Crippen molar-refractivity contribution in [3.05, 3.63) is 23.4 Å². The summed E-state index contributed by atoms with van der Waals surface area (Å²) in [6, 6.07) is 1.07. The summed E-state index contributed by atoms with van der Waals surface area (Å²) in [7, 11) is -3.94. The van der Waals surface area contributed by atoms with Gasteiger partial charge in [-0.1, -0.05) is 0 Å².